The number of allylic oxidation sites excluding steroid dienone is 4. The molecule has 3 fully saturated rings. The third kappa shape index (κ3) is 2.89. The first-order valence-corrected chi connectivity index (χ1v) is 12.6. The Morgan fingerprint density at radius 1 is 1.03 bits per heavy atom. The van der Waals surface area contributed by atoms with E-state index < -0.39 is 5.60 Å². The van der Waals surface area contributed by atoms with Crippen LogP contribution in [0.15, 0.2) is 47.1 Å². The number of fused-ring (bicyclic) bond motifs is 5. The minimum absolute atomic E-state index is 0.0745. The van der Waals surface area contributed by atoms with E-state index in [4.69, 9.17) is 4.74 Å². The van der Waals surface area contributed by atoms with E-state index in [0.717, 1.165) is 44.1 Å². The summed E-state index contributed by atoms with van der Waals surface area (Å²) >= 11 is 0. The van der Waals surface area contributed by atoms with Gasteiger partial charge in [0, 0.05) is 29.7 Å². The Bertz CT molecular complexity index is 1120. The zero-order chi connectivity index (χ0) is 23.0. The van der Waals surface area contributed by atoms with Gasteiger partial charge in [0.25, 0.3) is 0 Å². The summed E-state index contributed by atoms with van der Waals surface area (Å²) in [5, 5.41) is 0. The normalized spacial score (nSPS) is 37.6. The molecule has 4 nitrogen and oxygen atoms in total. The Labute approximate surface area is 195 Å². The number of Topliss-reactive ketones (excluding diaryl/α,β-unsaturated/α-hetero) is 2. The Kier molecular flexibility index (Phi) is 4.72. The van der Waals surface area contributed by atoms with Crippen molar-refractivity contribution in [2.24, 2.45) is 17.3 Å². The van der Waals surface area contributed by atoms with Gasteiger partial charge in [-0.25, -0.2) is 0 Å². The first-order chi connectivity index (χ1) is 15.8. The smallest absolute Gasteiger partial charge is 0.167 e. The number of ether oxygens (including phenoxy) is 1. The highest BCUT2D eigenvalue weighted by Crippen LogP contribution is 2.68. The fourth-order valence-electron chi connectivity index (χ4n) is 8.19. The van der Waals surface area contributed by atoms with Gasteiger partial charge in [-0.05, 0) is 80.1 Å². The van der Waals surface area contributed by atoms with Crippen LogP contribution < -0.4 is 0 Å². The predicted molar refractivity (Wildman–Crippen MR) is 125 cm³/mol. The van der Waals surface area contributed by atoms with Crippen LogP contribution in [0.1, 0.15) is 87.1 Å². The van der Waals surface area contributed by atoms with Gasteiger partial charge < -0.3 is 4.74 Å². The fraction of sp³-hybridized carbons (Fsp3) is 0.552. The molecule has 6 rings (SSSR count). The number of benzene rings is 1. The fourth-order valence-corrected chi connectivity index (χ4v) is 8.19. The summed E-state index contributed by atoms with van der Waals surface area (Å²) in [4.78, 5) is 37.3. The quantitative estimate of drug-likeness (QED) is 0.564. The molecule has 5 aliphatic rings. The van der Waals surface area contributed by atoms with Crippen LogP contribution in [-0.2, 0) is 14.3 Å². The van der Waals surface area contributed by atoms with Gasteiger partial charge in [0.1, 0.15) is 5.60 Å². The summed E-state index contributed by atoms with van der Waals surface area (Å²) in [5.74, 6) is 1.68. The average Bonchev–Trinajstić information content (AvgIpc) is 3.33. The lowest BCUT2D eigenvalue weighted by molar-refractivity contribution is -0.150. The molecule has 0 bridgehead atoms. The molecular formula is C29H32O4. The molecule has 4 heteroatoms. The molecule has 2 saturated carbocycles. The monoisotopic (exact) mass is 444 g/mol. The lowest BCUT2D eigenvalue weighted by Crippen LogP contribution is -2.54. The lowest BCUT2D eigenvalue weighted by atomic mass is 9.51. The molecule has 1 aromatic rings. The zero-order valence-electron chi connectivity index (χ0n) is 19.6. The SMILES string of the molecule is CC(=O)c1ccc([C@H]2CC3(C)C(CC[C@@]34OCCC4=O)C3CCC4=CC(=O)CCC4=C32)cc1. The highest BCUT2D eigenvalue weighted by Gasteiger charge is 2.67. The number of carbonyl (C=O) groups excluding carboxylic acids is 3. The molecule has 0 N–H and O–H groups in total. The highest BCUT2D eigenvalue weighted by atomic mass is 16.5. The molecule has 1 aliphatic heterocycles. The Morgan fingerprint density at radius 2 is 1.82 bits per heavy atom. The van der Waals surface area contributed by atoms with Gasteiger partial charge in [0.2, 0.25) is 0 Å². The van der Waals surface area contributed by atoms with E-state index in [1.165, 1.54) is 22.3 Å². The first kappa shape index (κ1) is 21.2. The minimum atomic E-state index is -0.635. The molecule has 5 atom stereocenters. The third-order valence-corrected chi connectivity index (χ3v) is 9.70. The van der Waals surface area contributed by atoms with Gasteiger partial charge in [-0.15, -0.1) is 0 Å². The van der Waals surface area contributed by atoms with Gasteiger partial charge in [0.15, 0.2) is 17.3 Å². The molecule has 0 radical (unpaired) electrons. The van der Waals surface area contributed by atoms with E-state index in [1.54, 1.807) is 6.92 Å². The van der Waals surface area contributed by atoms with Crippen LogP contribution in [0.2, 0.25) is 0 Å². The van der Waals surface area contributed by atoms with Crippen LogP contribution in [0.3, 0.4) is 0 Å². The van der Waals surface area contributed by atoms with Crippen molar-refractivity contribution in [1.29, 1.82) is 0 Å². The molecule has 172 valence electrons. The summed E-state index contributed by atoms with van der Waals surface area (Å²) in [6, 6.07) is 8.11. The van der Waals surface area contributed by atoms with Gasteiger partial charge in [-0.3, -0.25) is 14.4 Å². The van der Waals surface area contributed by atoms with Crippen molar-refractivity contribution in [3.63, 3.8) is 0 Å². The number of carbonyl (C=O) groups is 3. The number of ketones is 3. The second kappa shape index (κ2) is 7.33. The van der Waals surface area contributed by atoms with Crippen molar-refractivity contribution in [3.8, 4) is 0 Å². The van der Waals surface area contributed by atoms with Crippen molar-refractivity contribution in [3.05, 3.63) is 58.2 Å². The topological polar surface area (TPSA) is 60.4 Å². The summed E-state index contributed by atoms with van der Waals surface area (Å²) < 4.78 is 6.36. The molecule has 4 aliphatic carbocycles. The maximum Gasteiger partial charge on any atom is 0.167 e. The van der Waals surface area contributed by atoms with E-state index in [9.17, 15) is 14.4 Å². The zero-order valence-corrected chi connectivity index (χ0v) is 19.6. The van der Waals surface area contributed by atoms with Crippen molar-refractivity contribution in [2.45, 2.75) is 76.7 Å². The van der Waals surface area contributed by atoms with Crippen LogP contribution in [0.5, 0.6) is 0 Å². The van der Waals surface area contributed by atoms with Crippen LogP contribution in [0, 0.1) is 17.3 Å². The van der Waals surface area contributed by atoms with E-state index >= 15 is 0 Å². The second-order valence-corrected chi connectivity index (χ2v) is 11.1. The summed E-state index contributed by atoms with van der Waals surface area (Å²) in [6.07, 6.45) is 8.63. The summed E-state index contributed by atoms with van der Waals surface area (Å²) in [7, 11) is 0. The van der Waals surface area contributed by atoms with Gasteiger partial charge in [-0.2, -0.15) is 0 Å². The standard InChI is InChI=1S/C29H32O4/c1-17(30)18-3-5-19(6-4-18)24-16-28(2)25(11-13-29(28)26(32)12-14-33-29)23-9-7-20-15-21(31)8-10-22(20)27(23)24/h3-6,15,23-25H,7-14,16H2,1-2H3/t23?,24-,25?,28?,29+/m1/s1. The molecule has 0 aromatic heterocycles. The van der Waals surface area contributed by atoms with Crippen LogP contribution in [0.4, 0.5) is 0 Å². The summed E-state index contributed by atoms with van der Waals surface area (Å²) in [6.45, 7) is 4.47. The predicted octanol–water partition coefficient (Wildman–Crippen LogP) is 5.52. The average molecular weight is 445 g/mol. The largest absolute Gasteiger partial charge is 0.366 e. The molecule has 3 unspecified atom stereocenters. The molecule has 1 heterocycles. The van der Waals surface area contributed by atoms with Crippen molar-refractivity contribution in [1.82, 2.24) is 0 Å². The summed E-state index contributed by atoms with van der Waals surface area (Å²) in [5.41, 5.74) is 5.29. The van der Waals surface area contributed by atoms with E-state index in [1.807, 2.05) is 18.2 Å². The lowest BCUT2D eigenvalue weighted by Gasteiger charge is -2.54. The number of hydrogen-bond donors (Lipinski definition) is 0. The maximum absolute atomic E-state index is 13.2. The van der Waals surface area contributed by atoms with E-state index in [-0.39, 0.29) is 22.9 Å². The molecule has 1 spiro atoms. The second-order valence-electron chi connectivity index (χ2n) is 11.1. The van der Waals surface area contributed by atoms with Crippen LogP contribution in [-0.4, -0.2) is 29.6 Å². The molecule has 1 saturated heterocycles. The Morgan fingerprint density at radius 3 is 2.52 bits per heavy atom. The Hall–Kier alpha value is -2.33. The van der Waals surface area contributed by atoms with Gasteiger partial charge >= 0.3 is 0 Å². The van der Waals surface area contributed by atoms with Crippen LogP contribution >= 0.6 is 0 Å². The van der Waals surface area contributed by atoms with Crippen molar-refractivity contribution >= 4 is 17.3 Å². The molecule has 33 heavy (non-hydrogen) atoms. The van der Waals surface area contributed by atoms with Crippen molar-refractivity contribution in [2.75, 3.05) is 6.61 Å². The van der Waals surface area contributed by atoms with E-state index in [0.29, 0.717) is 37.1 Å². The van der Waals surface area contributed by atoms with Gasteiger partial charge in [0.05, 0.1) is 6.61 Å². The van der Waals surface area contributed by atoms with Crippen molar-refractivity contribution < 1.29 is 19.1 Å². The van der Waals surface area contributed by atoms with Crippen LogP contribution in [0.25, 0.3) is 0 Å². The molecular weight excluding hydrogens is 412 g/mol. The highest BCUT2D eigenvalue weighted by molar-refractivity contribution is 5.94. The number of rotatable bonds is 2. The maximum atomic E-state index is 13.2. The third-order valence-electron chi connectivity index (χ3n) is 9.70. The van der Waals surface area contributed by atoms with Gasteiger partial charge in [-0.1, -0.05) is 36.8 Å². The molecule has 1 aromatic carbocycles. The first-order valence-electron chi connectivity index (χ1n) is 12.6. The molecule has 0 amide bonds. The number of hydrogen-bond acceptors (Lipinski definition) is 4. The Balaban J connectivity index is 1.52. The van der Waals surface area contributed by atoms with E-state index in [2.05, 4.69) is 19.1 Å². The minimum Gasteiger partial charge on any atom is -0.366 e.